The lowest BCUT2D eigenvalue weighted by atomic mass is 10.2. The molecule has 1 heterocycles. The molecule has 0 aliphatic carbocycles. The Morgan fingerprint density at radius 3 is 2.57 bits per heavy atom. The number of hydrogen-bond donors (Lipinski definition) is 2. The number of nitrogens with zero attached hydrogens (tertiary/aromatic N) is 1. The number of aromatic amines is 1. The van der Waals surface area contributed by atoms with Gasteiger partial charge in [0.2, 0.25) is 0 Å². The molecule has 4 heteroatoms. The maximum Gasteiger partial charge on any atom is 0.138 e. The first-order valence-electron chi connectivity index (χ1n) is 4.28. The summed E-state index contributed by atoms with van der Waals surface area (Å²) in [5, 5.41) is 2.94. The first kappa shape index (κ1) is 8.74. The number of rotatable bonds is 2. The van der Waals surface area contributed by atoms with Gasteiger partial charge in [0.05, 0.1) is 6.20 Å². The topological polar surface area (TPSA) is 40.7 Å². The van der Waals surface area contributed by atoms with Gasteiger partial charge in [0, 0.05) is 12.6 Å². The molecule has 0 aliphatic heterocycles. The van der Waals surface area contributed by atoms with Crippen molar-refractivity contribution in [3.8, 4) is 11.4 Å². The molecule has 2 rings (SSSR count). The molecule has 0 atom stereocenters. The molecule has 0 bridgehead atoms. The van der Waals surface area contributed by atoms with E-state index in [4.69, 9.17) is 0 Å². The molecule has 3 nitrogen and oxygen atoms in total. The Balaban J connectivity index is 2.34. The maximum atomic E-state index is 12.6. The van der Waals surface area contributed by atoms with Crippen LogP contribution in [-0.2, 0) is 0 Å². The van der Waals surface area contributed by atoms with E-state index in [0.717, 1.165) is 17.2 Å². The van der Waals surface area contributed by atoms with Gasteiger partial charge in [-0.2, -0.15) is 0 Å². The van der Waals surface area contributed by atoms with E-state index < -0.39 is 0 Å². The van der Waals surface area contributed by atoms with Gasteiger partial charge >= 0.3 is 0 Å². The second kappa shape index (κ2) is 3.49. The van der Waals surface area contributed by atoms with Crippen molar-refractivity contribution in [2.75, 3.05) is 12.4 Å². The summed E-state index contributed by atoms with van der Waals surface area (Å²) >= 11 is 0. The molecule has 1 aromatic carbocycles. The van der Waals surface area contributed by atoms with Crippen LogP contribution in [0.1, 0.15) is 0 Å². The summed E-state index contributed by atoms with van der Waals surface area (Å²) in [6, 6.07) is 6.20. The minimum atomic E-state index is -0.242. The summed E-state index contributed by atoms with van der Waals surface area (Å²) in [4.78, 5) is 7.20. The molecule has 2 aromatic rings. The lowest BCUT2D eigenvalue weighted by Gasteiger charge is -1.96. The molecule has 0 fully saturated rings. The van der Waals surface area contributed by atoms with Crippen molar-refractivity contribution in [2.24, 2.45) is 0 Å². The van der Waals surface area contributed by atoms with Crippen molar-refractivity contribution in [1.29, 1.82) is 0 Å². The van der Waals surface area contributed by atoms with Gasteiger partial charge in [-0.3, -0.25) is 0 Å². The number of H-pyrrole nitrogens is 1. The number of imidazole rings is 1. The Hall–Kier alpha value is -1.84. The Kier molecular flexibility index (Phi) is 2.18. The molecule has 0 radical (unpaired) electrons. The number of hydrogen-bond acceptors (Lipinski definition) is 2. The first-order valence-corrected chi connectivity index (χ1v) is 4.28. The molecule has 1 aromatic heterocycles. The third kappa shape index (κ3) is 1.59. The zero-order valence-corrected chi connectivity index (χ0v) is 7.71. The van der Waals surface area contributed by atoms with Crippen LogP contribution in [0, 0.1) is 5.82 Å². The van der Waals surface area contributed by atoms with Gasteiger partial charge in [-0.05, 0) is 24.3 Å². The Bertz CT molecular complexity index is 419. The van der Waals surface area contributed by atoms with E-state index in [1.54, 1.807) is 18.3 Å². The van der Waals surface area contributed by atoms with Crippen molar-refractivity contribution < 1.29 is 4.39 Å². The van der Waals surface area contributed by atoms with Gasteiger partial charge in [-0.15, -0.1) is 0 Å². The molecule has 2 N–H and O–H groups in total. The molecule has 0 amide bonds. The molecule has 0 aliphatic rings. The molecule has 0 unspecified atom stereocenters. The monoisotopic (exact) mass is 191 g/mol. The van der Waals surface area contributed by atoms with E-state index in [9.17, 15) is 4.39 Å². The summed E-state index contributed by atoms with van der Waals surface area (Å²) in [6.07, 6.45) is 1.69. The van der Waals surface area contributed by atoms with Crippen LogP contribution in [0.4, 0.5) is 10.2 Å². The summed E-state index contributed by atoms with van der Waals surface area (Å²) < 4.78 is 12.6. The second-order valence-corrected chi connectivity index (χ2v) is 2.90. The van der Waals surface area contributed by atoms with Gasteiger partial charge in [0.1, 0.15) is 17.5 Å². The predicted molar refractivity (Wildman–Crippen MR) is 53.5 cm³/mol. The quantitative estimate of drug-likeness (QED) is 0.764. The van der Waals surface area contributed by atoms with Crippen molar-refractivity contribution >= 4 is 5.82 Å². The van der Waals surface area contributed by atoms with Gasteiger partial charge in [-0.25, -0.2) is 9.37 Å². The van der Waals surface area contributed by atoms with Crippen molar-refractivity contribution in [3.63, 3.8) is 0 Å². The van der Waals surface area contributed by atoms with Gasteiger partial charge in [0.25, 0.3) is 0 Å². The molecule has 0 saturated carbocycles. The number of nitrogens with one attached hydrogen (secondary N) is 2. The van der Waals surface area contributed by atoms with E-state index in [1.807, 2.05) is 7.05 Å². The van der Waals surface area contributed by atoms with Crippen LogP contribution in [0.2, 0.25) is 0 Å². The number of anilines is 1. The SMILES string of the molecule is CNc1cnc(-c2ccc(F)cc2)[nH]1. The Morgan fingerprint density at radius 2 is 2.00 bits per heavy atom. The normalized spacial score (nSPS) is 10.1. The zero-order chi connectivity index (χ0) is 9.97. The summed E-state index contributed by atoms with van der Waals surface area (Å²) in [7, 11) is 1.81. The first-order chi connectivity index (χ1) is 6.79. The van der Waals surface area contributed by atoms with E-state index >= 15 is 0 Å². The molecular weight excluding hydrogens is 181 g/mol. The highest BCUT2D eigenvalue weighted by molar-refractivity contribution is 5.57. The Morgan fingerprint density at radius 1 is 1.29 bits per heavy atom. The van der Waals surface area contributed by atoms with E-state index in [-0.39, 0.29) is 5.82 Å². The predicted octanol–water partition coefficient (Wildman–Crippen LogP) is 2.26. The van der Waals surface area contributed by atoms with Gasteiger partial charge < -0.3 is 10.3 Å². The van der Waals surface area contributed by atoms with Crippen LogP contribution < -0.4 is 5.32 Å². The minimum absolute atomic E-state index is 0.242. The van der Waals surface area contributed by atoms with Crippen LogP contribution in [0.3, 0.4) is 0 Å². The smallest absolute Gasteiger partial charge is 0.138 e. The van der Waals surface area contributed by atoms with E-state index in [2.05, 4.69) is 15.3 Å². The zero-order valence-electron chi connectivity index (χ0n) is 7.71. The molecule has 0 spiro atoms. The van der Waals surface area contributed by atoms with Crippen molar-refractivity contribution in [1.82, 2.24) is 9.97 Å². The fourth-order valence-corrected chi connectivity index (χ4v) is 1.20. The molecular formula is C10H10FN3. The van der Waals surface area contributed by atoms with E-state index in [1.165, 1.54) is 12.1 Å². The van der Waals surface area contributed by atoms with Crippen LogP contribution >= 0.6 is 0 Å². The lowest BCUT2D eigenvalue weighted by Crippen LogP contribution is -1.87. The van der Waals surface area contributed by atoms with Crippen LogP contribution in [-0.4, -0.2) is 17.0 Å². The number of aromatic nitrogens is 2. The fraction of sp³-hybridized carbons (Fsp3) is 0.100. The van der Waals surface area contributed by atoms with Gasteiger partial charge in [-0.1, -0.05) is 0 Å². The summed E-state index contributed by atoms with van der Waals surface area (Å²) in [6.45, 7) is 0. The lowest BCUT2D eigenvalue weighted by molar-refractivity contribution is 0.628. The molecule has 0 saturated heterocycles. The third-order valence-electron chi connectivity index (χ3n) is 1.96. The highest BCUT2D eigenvalue weighted by atomic mass is 19.1. The van der Waals surface area contributed by atoms with Crippen LogP contribution in [0.5, 0.6) is 0 Å². The van der Waals surface area contributed by atoms with E-state index in [0.29, 0.717) is 0 Å². The minimum Gasteiger partial charge on any atom is -0.373 e. The number of halogens is 1. The van der Waals surface area contributed by atoms with Crippen molar-refractivity contribution in [2.45, 2.75) is 0 Å². The average Bonchev–Trinajstić information content (AvgIpc) is 2.67. The molecule has 14 heavy (non-hydrogen) atoms. The second-order valence-electron chi connectivity index (χ2n) is 2.90. The standard InChI is InChI=1S/C10H10FN3/c1-12-9-6-13-10(14-9)7-2-4-8(11)5-3-7/h2-6,12H,1H3,(H,13,14). The fourth-order valence-electron chi connectivity index (χ4n) is 1.20. The Labute approximate surface area is 81.0 Å². The average molecular weight is 191 g/mol. The highest BCUT2D eigenvalue weighted by Gasteiger charge is 2.01. The van der Waals surface area contributed by atoms with Crippen LogP contribution in [0.15, 0.2) is 30.5 Å². The van der Waals surface area contributed by atoms with Crippen LogP contribution in [0.25, 0.3) is 11.4 Å². The van der Waals surface area contributed by atoms with Crippen molar-refractivity contribution in [3.05, 3.63) is 36.3 Å². The maximum absolute atomic E-state index is 12.6. The highest BCUT2D eigenvalue weighted by Crippen LogP contribution is 2.17. The summed E-state index contributed by atoms with van der Waals surface area (Å²) in [5.41, 5.74) is 0.868. The van der Waals surface area contributed by atoms with Gasteiger partial charge in [0.15, 0.2) is 0 Å². The number of benzene rings is 1. The largest absolute Gasteiger partial charge is 0.373 e. The summed E-state index contributed by atoms with van der Waals surface area (Å²) in [5.74, 6) is 1.33. The third-order valence-corrected chi connectivity index (χ3v) is 1.96. The molecule has 72 valence electrons.